The molecular weight excluding hydrogens is 409 g/mol. The number of rotatable bonds is 13. The van der Waals surface area contributed by atoms with E-state index in [0.717, 1.165) is 11.4 Å². The highest BCUT2D eigenvalue weighted by molar-refractivity contribution is 7.83. The normalized spacial score (nSPS) is 11.5. The van der Waals surface area contributed by atoms with Crippen LogP contribution in [0, 0.1) is 0 Å². The zero-order chi connectivity index (χ0) is 21.0. The minimum absolute atomic E-state index is 0. The quantitative estimate of drug-likeness (QED) is 0.327. The van der Waals surface area contributed by atoms with E-state index < -0.39 is 7.26 Å². The summed E-state index contributed by atoms with van der Waals surface area (Å²) in [5.74, 6) is 0.869. The largest absolute Gasteiger partial charge is 1.00 e. The molecule has 2 aromatic rings. The third-order valence-electron chi connectivity index (χ3n) is 5.69. The minimum Gasteiger partial charge on any atom is -1.00 e. The summed E-state index contributed by atoms with van der Waals surface area (Å²) in [6.45, 7) is 6.97. The van der Waals surface area contributed by atoms with Gasteiger partial charge in [0.05, 0.1) is 31.3 Å². The van der Waals surface area contributed by atoms with Crippen LogP contribution in [0.1, 0.15) is 64.9 Å². The van der Waals surface area contributed by atoms with Crippen molar-refractivity contribution in [3.63, 3.8) is 0 Å². The van der Waals surface area contributed by atoms with E-state index in [2.05, 4.69) is 51.3 Å². The van der Waals surface area contributed by atoms with Crippen LogP contribution in [-0.4, -0.2) is 31.8 Å². The fraction of sp³-hybridized carbons (Fsp3) is 0.500. The third-order valence-corrected chi connectivity index (χ3v) is 10.6. The maximum atomic E-state index is 5.26. The summed E-state index contributed by atoms with van der Waals surface area (Å²) in [6.07, 6.45) is 14.1. The summed E-state index contributed by atoms with van der Waals surface area (Å²) in [7, 11) is 0.514. The van der Waals surface area contributed by atoms with Crippen molar-refractivity contribution in [3.8, 4) is 5.75 Å². The van der Waals surface area contributed by atoms with Gasteiger partial charge in [0.25, 0.3) is 0 Å². The summed E-state index contributed by atoms with van der Waals surface area (Å²) >= 11 is 0. The lowest BCUT2D eigenvalue weighted by molar-refractivity contribution is -0.00000648. The molecule has 0 saturated heterocycles. The van der Waals surface area contributed by atoms with Gasteiger partial charge in [-0.25, -0.2) is 0 Å². The van der Waals surface area contributed by atoms with E-state index in [1.165, 1.54) is 62.6 Å². The van der Waals surface area contributed by atoms with Crippen LogP contribution in [0.5, 0.6) is 5.75 Å². The van der Waals surface area contributed by atoms with Gasteiger partial charge in [0.2, 0.25) is 0 Å². The van der Waals surface area contributed by atoms with E-state index in [1.54, 1.807) is 12.4 Å². The second kappa shape index (κ2) is 14.6. The van der Waals surface area contributed by atoms with Crippen LogP contribution in [0.2, 0.25) is 0 Å². The number of nitrogens with zero attached hydrogens (tertiary/aromatic N) is 1. The van der Waals surface area contributed by atoms with E-state index in [-0.39, 0.29) is 12.4 Å². The van der Waals surface area contributed by atoms with Gasteiger partial charge in [0, 0.05) is 19.0 Å². The molecule has 0 aliphatic carbocycles. The molecule has 0 unspecified atom stereocenters. The molecule has 0 aliphatic rings. The van der Waals surface area contributed by atoms with Crippen molar-refractivity contribution in [1.82, 2.24) is 0 Å². The first-order valence-electron chi connectivity index (χ1n) is 11.3. The van der Waals surface area contributed by atoms with E-state index in [9.17, 15) is 0 Å². The average Bonchev–Trinajstić information content (AvgIpc) is 2.78. The Balaban J connectivity index is 0.00000450. The van der Waals surface area contributed by atoms with Gasteiger partial charge in [0.15, 0.2) is 0 Å². The Morgan fingerprint density at radius 1 is 0.800 bits per heavy atom. The van der Waals surface area contributed by atoms with E-state index in [0.29, 0.717) is 0 Å². The molecule has 0 aromatic heterocycles. The average molecular weight is 448 g/mol. The van der Waals surface area contributed by atoms with Gasteiger partial charge in [-0.2, -0.15) is 0 Å². The second-order valence-corrected chi connectivity index (χ2v) is 12.0. The number of aliphatic imine (C=N–C) groups is 1. The molecule has 0 N–H and O–H groups in total. The van der Waals surface area contributed by atoms with Gasteiger partial charge < -0.3 is 17.1 Å². The molecule has 2 rings (SSSR count). The predicted molar refractivity (Wildman–Crippen MR) is 133 cm³/mol. The molecule has 0 saturated carbocycles. The molecule has 0 amide bonds. The molecule has 0 radical (unpaired) electrons. The fourth-order valence-corrected chi connectivity index (χ4v) is 9.16. The molecule has 0 atom stereocenters. The molecule has 30 heavy (non-hydrogen) atoms. The fourth-order valence-electron chi connectivity index (χ4n) is 3.92. The Bertz CT molecular complexity index is 723. The maximum absolute atomic E-state index is 5.26. The van der Waals surface area contributed by atoms with Crippen molar-refractivity contribution < 1.29 is 17.1 Å². The number of benzene rings is 2. The van der Waals surface area contributed by atoms with E-state index in [4.69, 9.17) is 9.73 Å². The molecule has 0 aliphatic heterocycles. The SMILES string of the molecule is CCCC[P+](CCCC)(CCCC)c1ccccc1C=Nc1ccc(OC)cc1.[Cl-]. The van der Waals surface area contributed by atoms with Crippen LogP contribution < -0.4 is 22.4 Å². The highest BCUT2D eigenvalue weighted by atomic mass is 35.5. The molecule has 0 fully saturated rings. The Hall–Kier alpha value is -1.37. The highest BCUT2D eigenvalue weighted by Crippen LogP contribution is 2.60. The van der Waals surface area contributed by atoms with Gasteiger partial charge in [0.1, 0.15) is 11.1 Å². The summed E-state index contributed by atoms with van der Waals surface area (Å²) in [5, 5.41) is 1.60. The number of ether oxygens (including phenoxy) is 1. The Kier molecular flexibility index (Phi) is 13.0. The standard InChI is InChI=1S/C26H39NOP.ClH/c1-5-8-19-29(20-9-6-2,21-10-7-3)26-14-12-11-13-23(26)22-27-24-15-17-25(28-4)18-16-24;/h11-18,22H,5-10,19-21H2,1-4H3;1H/q+1;/p-1. The lowest BCUT2D eigenvalue weighted by atomic mass is 10.2. The third kappa shape index (κ3) is 7.71. The first kappa shape index (κ1) is 26.7. The van der Waals surface area contributed by atoms with Crippen molar-refractivity contribution in [2.45, 2.75) is 59.3 Å². The van der Waals surface area contributed by atoms with Gasteiger partial charge >= 0.3 is 0 Å². The van der Waals surface area contributed by atoms with E-state index >= 15 is 0 Å². The van der Waals surface area contributed by atoms with Crippen molar-refractivity contribution in [2.24, 2.45) is 4.99 Å². The molecule has 0 bridgehead atoms. The van der Waals surface area contributed by atoms with E-state index in [1.807, 2.05) is 24.3 Å². The molecule has 2 aromatic carbocycles. The van der Waals surface area contributed by atoms with Crippen LogP contribution in [-0.2, 0) is 0 Å². The molecule has 0 spiro atoms. The lowest BCUT2D eigenvalue weighted by Gasteiger charge is -2.29. The topological polar surface area (TPSA) is 21.6 Å². The summed E-state index contributed by atoms with van der Waals surface area (Å²) in [6, 6.07) is 17.0. The van der Waals surface area contributed by atoms with Crippen molar-refractivity contribution in [2.75, 3.05) is 25.6 Å². The monoisotopic (exact) mass is 447 g/mol. The summed E-state index contributed by atoms with van der Waals surface area (Å²) in [5.41, 5.74) is 2.29. The number of methoxy groups -OCH3 is 1. The molecule has 2 nitrogen and oxygen atoms in total. The van der Waals surface area contributed by atoms with Crippen LogP contribution in [0.15, 0.2) is 53.5 Å². The lowest BCUT2D eigenvalue weighted by Crippen LogP contribution is -3.00. The number of halogens is 1. The van der Waals surface area contributed by atoms with Crippen LogP contribution >= 0.6 is 7.26 Å². The smallest absolute Gasteiger partial charge is 0.119 e. The molecule has 0 heterocycles. The minimum atomic E-state index is -1.18. The van der Waals surface area contributed by atoms with Gasteiger partial charge in [-0.1, -0.05) is 52.2 Å². The van der Waals surface area contributed by atoms with Crippen molar-refractivity contribution in [3.05, 3.63) is 54.1 Å². The number of unbranched alkanes of at least 4 members (excludes halogenated alkanes) is 3. The van der Waals surface area contributed by atoms with Gasteiger partial charge in [-0.15, -0.1) is 0 Å². The maximum Gasteiger partial charge on any atom is 0.119 e. The highest BCUT2D eigenvalue weighted by Gasteiger charge is 2.39. The van der Waals surface area contributed by atoms with Crippen molar-refractivity contribution in [1.29, 1.82) is 0 Å². The number of hydrogen-bond acceptors (Lipinski definition) is 2. The first-order chi connectivity index (χ1) is 14.2. The number of hydrogen-bond donors (Lipinski definition) is 0. The van der Waals surface area contributed by atoms with Crippen LogP contribution in [0.3, 0.4) is 0 Å². The summed E-state index contributed by atoms with van der Waals surface area (Å²) in [4.78, 5) is 4.80. The molecule has 166 valence electrons. The Morgan fingerprint density at radius 3 is 1.83 bits per heavy atom. The summed E-state index contributed by atoms with van der Waals surface area (Å²) < 4.78 is 5.26. The molecular formula is C26H39ClNOP. The zero-order valence-electron chi connectivity index (χ0n) is 19.2. The zero-order valence-corrected chi connectivity index (χ0v) is 20.9. The Labute approximate surface area is 191 Å². The molecule has 4 heteroatoms. The van der Waals surface area contributed by atoms with Crippen molar-refractivity contribution >= 4 is 24.5 Å². The first-order valence-corrected chi connectivity index (χ1v) is 13.7. The van der Waals surface area contributed by atoms with Gasteiger partial charge in [-0.3, -0.25) is 4.99 Å². The predicted octanol–water partition coefficient (Wildman–Crippen LogP) is 4.49. The Morgan fingerprint density at radius 2 is 1.33 bits per heavy atom. The van der Waals surface area contributed by atoms with Gasteiger partial charge in [-0.05, 0) is 55.7 Å². The second-order valence-electron chi connectivity index (χ2n) is 7.89. The van der Waals surface area contributed by atoms with Crippen LogP contribution in [0.25, 0.3) is 0 Å². The van der Waals surface area contributed by atoms with Crippen LogP contribution in [0.4, 0.5) is 5.69 Å².